The van der Waals surface area contributed by atoms with Gasteiger partial charge in [-0.05, 0) is 43.7 Å². The first-order valence-corrected chi connectivity index (χ1v) is 8.81. The molecule has 0 fully saturated rings. The first kappa shape index (κ1) is 21.7. The molecule has 0 saturated carbocycles. The van der Waals surface area contributed by atoms with Crippen molar-refractivity contribution in [3.05, 3.63) is 34.9 Å². The summed E-state index contributed by atoms with van der Waals surface area (Å²) in [5.74, 6) is -1.42. The number of aliphatic hydroxyl groups is 2. The summed E-state index contributed by atoms with van der Waals surface area (Å²) in [4.78, 5) is 0. The lowest BCUT2D eigenvalue weighted by Gasteiger charge is -2.15. The predicted octanol–water partition coefficient (Wildman–Crippen LogP) is 4.08. The van der Waals surface area contributed by atoms with E-state index in [-0.39, 0.29) is 0 Å². The molecule has 1 aromatic rings. The summed E-state index contributed by atoms with van der Waals surface area (Å²) in [5, 5.41) is 23.4. The molecule has 0 bridgehead atoms. The lowest BCUT2D eigenvalue weighted by molar-refractivity contribution is -0.163. The number of benzene rings is 1. The van der Waals surface area contributed by atoms with Crippen LogP contribution in [-0.2, 0) is 10.6 Å². The lowest BCUT2D eigenvalue weighted by atomic mass is 10.1. The Bertz CT molecular complexity index is 385. The van der Waals surface area contributed by atoms with Crippen molar-refractivity contribution in [2.75, 3.05) is 6.61 Å². The first-order chi connectivity index (χ1) is 10.5. The van der Waals surface area contributed by atoms with Gasteiger partial charge in [0.1, 0.15) is 0 Å². The third-order valence-electron chi connectivity index (χ3n) is 3.33. The molecule has 0 amide bonds. The van der Waals surface area contributed by atoms with Gasteiger partial charge in [0, 0.05) is 5.02 Å². The SMILES string of the molecule is CCC(O)(O)CC.NSOCCCCCc1ccccc1Cl. The van der Waals surface area contributed by atoms with E-state index >= 15 is 0 Å². The minimum Gasteiger partial charge on any atom is -0.366 e. The molecular formula is C16H28ClNO3S. The van der Waals surface area contributed by atoms with Gasteiger partial charge in [-0.25, -0.2) is 0 Å². The van der Waals surface area contributed by atoms with Crippen LogP contribution in [0.15, 0.2) is 24.3 Å². The zero-order chi connectivity index (χ0) is 16.8. The molecule has 4 N–H and O–H groups in total. The summed E-state index contributed by atoms with van der Waals surface area (Å²) >= 11 is 6.98. The van der Waals surface area contributed by atoms with Gasteiger partial charge in [-0.2, -0.15) is 0 Å². The number of halogens is 1. The monoisotopic (exact) mass is 349 g/mol. The van der Waals surface area contributed by atoms with Crippen molar-refractivity contribution in [1.82, 2.24) is 0 Å². The van der Waals surface area contributed by atoms with Crippen LogP contribution in [0.3, 0.4) is 0 Å². The second-order valence-corrected chi connectivity index (χ2v) is 5.85. The molecule has 22 heavy (non-hydrogen) atoms. The van der Waals surface area contributed by atoms with Gasteiger partial charge < -0.3 is 14.4 Å². The summed E-state index contributed by atoms with van der Waals surface area (Å²) in [6.45, 7) is 4.21. The van der Waals surface area contributed by atoms with E-state index in [2.05, 4.69) is 6.07 Å². The van der Waals surface area contributed by atoms with E-state index in [4.69, 9.17) is 31.1 Å². The van der Waals surface area contributed by atoms with Gasteiger partial charge in [0.05, 0.1) is 18.8 Å². The summed E-state index contributed by atoms with van der Waals surface area (Å²) in [6, 6.07) is 7.99. The van der Waals surface area contributed by atoms with E-state index in [1.54, 1.807) is 13.8 Å². The Morgan fingerprint density at radius 1 is 1.14 bits per heavy atom. The van der Waals surface area contributed by atoms with Crippen LogP contribution in [-0.4, -0.2) is 22.6 Å². The maximum Gasteiger partial charge on any atom is 0.161 e. The zero-order valence-electron chi connectivity index (χ0n) is 13.4. The van der Waals surface area contributed by atoms with Crippen LogP contribution in [0.5, 0.6) is 0 Å². The van der Waals surface area contributed by atoms with Gasteiger partial charge in [0.25, 0.3) is 0 Å². The molecule has 0 spiro atoms. The van der Waals surface area contributed by atoms with E-state index in [1.165, 1.54) is 5.56 Å². The van der Waals surface area contributed by atoms with Gasteiger partial charge in [-0.15, -0.1) is 0 Å². The van der Waals surface area contributed by atoms with Crippen LogP contribution in [0.25, 0.3) is 0 Å². The number of rotatable bonds is 9. The normalized spacial score (nSPS) is 11.0. The zero-order valence-corrected chi connectivity index (χ0v) is 15.0. The molecule has 4 nitrogen and oxygen atoms in total. The lowest BCUT2D eigenvalue weighted by Crippen LogP contribution is -2.24. The third kappa shape index (κ3) is 11.3. The molecule has 1 rings (SSSR count). The number of hydrogen-bond acceptors (Lipinski definition) is 5. The average Bonchev–Trinajstić information content (AvgIpc) is 2.53. The summed E-state index contributed by atoms with van der Waals surface area (Å²) < 4.78 is 4.98. The average molecular weight is 350 g/mol. The third-order valence-corrected chi connectivity index (χ3v) is 4.00. The van der Waals surface area contributed by atoms with E-state index in [0.717, 1.165) is 49.5 Å². The predicted molar refractivity (Wildman–Crippen MR) is 94.5 cm³/mol. The van der Waals surface area contributed by atoms with E-state index in [1.807, 2.05) is 18.2 Å². The molecule has 0 unspecified atom stereocenters. The maximum atomic E-state index is 8.69. The Morgan fingerprint density at radius 2 is 1.77 bits per heavy atom. The molecule has 1 aromatic carbocycles. The quantitative estimate of drug-likeness (QED) is 0.271. The highest BCUT2D eigenvalue weighted by molar-refractivity contribution is 7.92. The highest BCUT2D eigenvalue weighted by Crippen LogP contribution is 2.17. The molecule has 128 valence electrons. The molecule has 0 heterocycles. The molecule has 0 aliphatic heterocycles. The highest BCUT2D eigenvalue weighted by Gasteiger charge is 2.15. The number of unbranched alkanes of at least 4 members (excludes halogenated alkanes) is 2. The van der Waals surface area contributed by atoms with Crippen molar-refractivity contribution in [1.29, 1.82) is 0 Å². The van der Waals surface area contributed by atoms with Crippen LogP contribution in [0.1, 0.15) is 51.5 Å². The number of aryl methyl sites for hydroxylation is 1. The van der Waals surface area contributed by atoms with Crippen molar-refractivity contribution >= 4 is 23.8 Å². The fourth-order valence-electron chi connectivity index (χ4n) is 1.65. The second kappa shape index (κ2) is 13.2. The van der Waals surface area contributed by atoms with Crippen LogP contribution in [0.2, 0.25) is 5.02 Å². The Labute approximate surface area is 143 Å². The van der Waals surface area contributed by atoms with Gasteiger partial charge in [-0.3, -0.25) is 5.14 Å². The molecule has 0 aliphatic rings. The van der Waals surface area contributed by atoms with Crippen molar-refractivity contribution in [3.63, 3.8) is 0 Å². The standard InChI is InChI=1S/C11H16ClNOS.C5H12O2/c12-11-8-4-3-7-10(11)6-2-1-5-9-14-15-13;1-3-5(6,7)4-2/h3-4,7-8H,1-2,5-6,9,13H2;6-7H,3-4H2,1-2H3. The van der Waals surface area contributed by atoms with Gasteiger partial charge >= 0.3 is 0 Å². The molecule has 0 aromatic heterocycles. The molecule has 6 heteroatoms. The molecule has 0 saturated heterocycles. The Morgan fingerprint density at radius 3 is 2.27 bits per heavy atom. The van der Waals surface area contributed by atoms with Gasteiger partial charge in [0.2, 0.25) is 0 Å². The van der Waals surface area contributed by atoms with Crippen molar-refractivity contribution in [2.24, 2.45) is 5.14 Å². The molecule has 0 radical (unpaired) electrons. The molecule has 0 aliphatic carbocycles. The summed E-state index contributed by atoms with van der Waals surface area (Å²) in [7, 11) is 0. The van der Waals surface area contributed by atoms with E-state index < -0.39 is 5.79 Å². The highest BCUT2D eigenvalue weighted by atomic mass is 35.5. The van der Waals surface area contributed by atoms with Crippen molar-refractivity contribution in [3.8, 4) is 0 Å². The van der Waals surface area contributed by atoms with Crippen LogP contribution >= 0.6 is 23.8 Å². The minimum atomic E-state index is -1.42. The van der Waals surface area contributed by atoms with E-state index in [9.17, 15) is 0 Å². The Kier molecular flexibility index (Phi) is 13.0. The largest absolute Gasteiger partial charge is 0.366 e. The van der Waals surface area contributed by atoms with Gasteiger partial charge in [0.15, 0.2) is 5.79 Å². The minimum absolute atomic E-state index is 0.406. The fraction of sp³-hybridized carbons (Fsp3) is 0.625. The maximum absolute atomic E-state index is 8.69. The van der Waals surface area contributed by atoms with Crippen LogP contribution < -0.4 is 5.14 Å². The summed E-state index contributed by atoms with van der Waals surface area (Å²) in [6.07, 6.45) is 5.19. The van der Waals surface area contributed by atoms with Crippen molar-refractivity contribution < 1.29 is 14.4 Å². The van der Waals surface area contributed by atoms with Gasteiger partial charge in [-0.1, -0.05) is 50.1 Å². The fourth-order valence-corrected chi connectivity index (χ4v) is 2.10. The topological polar surface area (TPSA) is 75.7 Å². The smallest absolute Gasteiger partial charge is 0.161 e. The molecule has 0 atom stereocenters. The second-order valence-electron chi connectivity index (χ2n) is 5.01. The van der Waals surface area contributed by atoms with Crippen LogP contribution in [0, 0.1) is 0 Å². The summed E-state index contributed by atoms with van der Waals surface area (Å²) in [5.41, 5.74) is 1.23. The Balaban J connectivity index is 0.000000534. The first-order valence-electron chi connectivity index (χ1n) is 7.63. The van der Waals surface area contributed by atoms with Crippen molar-refractivity contribution in [2.45, 2.75) is 58.2 Å². The molecular weight excluding hydrogens is 322 g/mol. The Hall–Kier alpha value is -0.300. The van der Waals surface area contributed by atoms with Crippen LogP contribution in [0.4, 0.5) is 0 Å². The van der Waals surface area contributed by atoms with E-state index in [0.29, 0.717) is 12.8 Å². The number of hydrogen-bond donors (Lipinski definition) is 3. The number of nitrogens with two attached hydrogens (primary N) is 1.